The van der Waals surface area contributed by atoms with Crippen LogP contribution in [-0.2, 0) is 0 Å². The van der Waals surface area contributed by atoms with Crippen LogP contribution in [0.3, 0.4) is 0 Å². The summed E-state index contributed by atoms with van der Waals surface area (Å²) >= 11 is 5.50. The zero-order chi connectivity index (χ0) is 9.23. The number of rotatable bonds is 5. The maximum atomic E-state index is 5.50. The van der Waals surface area contributed by atoms with E-state index in [1.165, 1.54) is 0 Å². The summed E-state index contributed by atoms with van der Waals surface area (Å²) in [5, 5.41) is 0. The second-order valence-corrected chi connectivity index (χ2v) is 3.01. The summed E-state index contributed by atoms with van der Waals surface area (Å²) in [4.78, 5) is 2.11. The van der Waals surface area contributed by atoms with Gasteiger partial charge >= 0.3 is 0 Å². The Bertz CT molecular complexity index is 166. The van der Waals surface area contributed by atoms with Gasteiger partial charge in [-0.1, -0.05) is 12.0 Å². The van der Waals surface area contributed by atoms with Crippen LogP contribution >= 0.6 is 11.6 Å². The van der Waals surface area contributed by atoms with E-state index in [-0.39, 0.29) is 0 Å². The van der Waals surface area contributed by atoms with Crippen LogP contribution < -0.4 is 0 Å². The van der Waals surface area contributed by atoms with Crippen LogP contribution in [0, 0.1) is 11.8 Å². The molecule has 0 aromatic carbocycles. The van der Waals surface area contributed by atoms with Crippen molar-refractivity contribution in [2.45, 2.75) is 12.8 Å². The van der Waals surface area contributed by atoms with Crippen molar-refractivity contribution in [3.05, 3.63) is 12.7 Å². The van der Waals surface area contributed by atoms with Gasteiger partial charge in [-0.25, -0.2) is 0 Å². The van der Waals surface area contributed by atoms with Crippen molar-refractivity contribution in [2.24, 2.45) is 0 Å². The Morgan fingerprint density at radius 3 is 2.83 bits per heavy atom. The summed E-state index contributed by atoms with van der Waals surface area (Å²) in [7, 11) is 2.03. The first-order valence-electron chi connectivity index (χ1n) is 4.12. The van der Waals surface area contributed by atoms with Crippen molar-refractivity contribution in [1.29, 1.82) is 0 Å². The van der Waals surface area contributed by atoms with Crippen LogP contribution in [0.15, 0.2) is 12.7 Å². The van der Waals surface area contributed by atoms with Gasteiger partial charge in [-0.3, -0.25) is 4.90 Å². The fourth-order valence-corrected chi connectivity index (χ4v) is 0.853. The summed E-state index contributed by atoms with van der Waals surface area (Å²) < 4.78 is 0. The van der Waals surface area contributed by atoms with E-state index >= 15 is 0 Å². The third-order valence-corrected chi connectivity index (χ3v) is 1.62. The fourth-order valence-electron chi connectivity index (χ4n) is 0.719. The Morgan fingerprint density at radius 2 is 2.25 bits per heavy atom. The van der Waals surface area contributed by atoms with Gasteiger partial charge in [0.2, 0.25) is 0 Å². The summed E-state index contributed by atoms with van der Waals surface area (Å²) in [6.07, 6.45) is 3.77. The lowest BCUT2D eigenvalue weighted by Crippen LogP contribution is -2.17. The Kier molecular flexibility index (Phi) is 8.32. The number of alkyl halides is 1. The van der Waals surface area contributed by atoms with E-state index in [4.69, 9.17) is 11.6 Å². The number of likely N-dealkylation sites (N-methyl/N-ethyl adjacent to an activating group) is 1. The van der Waals surface area contributed by atoms with E-state index in [9.17, 15) is 0 Å². The lowest BCUT2D eigenvalue weighted by Gasteiger charge is -2.08. The van der Waals surface area contributed by atoms with Gasteiger partial charge in [0.15, 0.2) is 0 Å². The number of hydrogen-bond donors (Lipinski definition) is 0. The van der Waals surface area contributed by atoms with Gasteiger partial charge in [-0.2, -0.15) is 0 Å². The minimum absolute atomic E-state index is 0.706. The molecule has 0 aliphatic rings. The number of hydrogen-bond acceptors (Lipinski definition) is 1. The molecule has 0 rings (SSSR count). The molecule has 0 bridgehead atoms. The van der Waals surface area contributed by atoms with Gasteiger partial charge in [-0.15, -0.1) is 24.1 Å². The largest absolute Gasteiger partial charge is 0.292 e. The molecule has 0 atom stereocenters. The number of unbranched alkanes of at least 4 members (excludes halogenated alkanes) is 1. The quantitative estimate of drug-likeness (QED) is 0.275. The molecule has 1 nitrogen and oxygen atoms in total. The average molecular weight is 186 g/mol. The van der Waals surface area contributed by atoms with E-state index in [1.807, 2.05) is 13.1 Å². The Labute approximate surface area is 80.4 Å². The highest BCUT2D eigenvalue weighted by Crippen LogP contribution is 1.88. The van der Waals surface area contributed by atoms with Crippen molar-refractivity contribution in [1.82, 2.24) is 4.90 Å². The molecular formula is C10H16ClN. The SMILES string of the molecule is C=CCN(C)CC#CCCCCl. The van der Waals surface area contributed by atoms with E-state index < -0.39 is 0 Å². The van der Waals surface area contributed by atoms with Crippen molar-refractivity contribution in [3.63, 3.8) is 0 Å². The van der Waals surface area contributed by atoms with Crippen molar-refractivity contribution in [2.75, 3.05) is 26.0 Å². The highest BCUT2D eigenvalue weighted by atomic mass is 35.5. The molecule has 0 aliphatic heterocycles. The third-order valence-electron chi connectivity index (χ3n) is 1.35. The summed E-state index contributed by atoms with van der Waals surface area (Å²) in [5.74, 6) is 6.85. The van der Waals surface area contributed by atoms with Crippen LogP contribution in [-0.4, -0.2) is 30.9 Å². The predicted molar refractivity (Wildman–Crippen MR) is 55.4 cm³/mol. The standard InChI is InChI=1S/C10H16ClN/c1-3-9-12(2)10-7-5-4-6-8-11/h3H,1,4,6,8-10H2,2H3. The van der Waals surface area contributed by atoms with Gasteiger partial charge in [-0.05, 0) is 13.5 Å². The predicted octanol–water partition coefficient (Wildman–Crippen LogP) is 2.13. The molecule has 0 unspecified atom stereocenters. The van der Waals surface area contributed by atoms with E-state index in [2.05, 4.69) is 23.3 Å². The minimum Gasteiger partial charge on any atom is -0.292 e. The fraction of sp³-hybridized carbons (Fsp3) is 0.600. The van der Waals surface area contributed by atoms with E-state index in [0.29, 0.717) is 5.88 Å². The molecule has 0 aliphatic carbocycles. The number of nitrogens with zero attached hydrogens (tertiary/aromatic N) is 1. The van der Waals surface area contributed by atoms with Gasteiger partial charge in [0, 0.05) is 18.8 Å². The highest BCUT2D eigenvalue weighted by Gasteiger charge is 1.88. The zero-order valence-electron chi connectivity index (χ0n) is 7.65. The number of halogens is 1. The Morgan fingerprint density at radius 1 is 1.50 bits per heavy atom. The molecule has 0 saturated carbocycles. The molecule has 0 aromatic heterocycles. The first-order chi connectivity index (χ1) is 5.81. The van der Waals surface area contributed by atoms with Crippen LogP contribution in [0.2, 0.25) is 0 Å². The normalized spacial score (nSPS) is 9.25. The molecule has 2 heteroatoms. The summed E-state index contributed by atoms with van der Waals surface area (Å²) in [5.41, 5.74) is 0. The van der Waals surface area contributed by atoms with Gasteiger partial charge in [0.05, 0.1) is 6.54 Å². The van der Waals surface area contributed by atoms with Crippen molar-refractivity contribution >= 4 is 11.6 Å². The van der Waals surface area contributed by atoms with Gasteiger partial charge in [0.25, 0.3) is 0 Å². The lowest BCUT2D eigenvalue weighted by atomic mass is 10.3. The molecule has 0 saturated heterocycles. The van der Waals surface area contributed by atoms with Crippen LogP contribution in [0.25, 0.3) is 0 Å². The lowest BCUT2D eigenvalue weighted by molar-refractivity contribution is 0.419. The Hall–Kier alpha value is -0.450. The minimum atomic E-state index is 0.706. The molecule has 0 radical (unpaired) electrons. The molecule has 0 fully saturated rings. The molecule has 0 amide bonds. The van der Waals surface area contributed by atoms with Crippen LogP contribution in [0.5, 0.6) is 0 Å². The zero-order valence-corrected chi connectivity index (χ0v) is 8.40. The van der Waals surface area contributed by atoms with Gasteiger partial charge < -0.3 is 0 Å². The maximum absolute atomic E-state index is 5.50. The second-order valence-electron chi connectivity index (χ2n) is 2.63. The molecule has 0 spiro atoms. The monoisotopic (exact) mass is 185 g/mol. The maximum Gasteiger partial charge on any atom is 0.0601 e. The van der Waals surface area contributed by atoms with E-state index in [1.54, 1.807) is 0 Å². The smallest absolute Gasteiger partial charge is 0.0601 e. The van der Waals surface area contributed by atoms with Crippen LogP contribution in [0.1, 0.15) is 12.8 Å². The molecule has 0 N–H and O–H groups in total. The summed E-state index contributed by atoms with van der Waals surface area (Å²) in [6.45, 7) is 5.36. The van der Waals surface area contributed by atoms with Crippen molar-refractivity contribution < 1.29 is 0 Å². The average Bonchev–Trinajstić information content (AvgIpc) is 2.05. The topological polar surface area (TPSA) is 3.24 Å². The first-order valence-corrected chi connectivity index (χ1v) is 4.66. The van der Waals surface area contributed by atoms with E-state index in [0.717, 1.165) is 25.9 Å². The molecule has 12 heavy (non-hydrogen) atoms. The molecule has 0 aromatic rings. The highest BCUT2D eigenvalue weighted by molar-refractivity contribution is 6.17. The molecule has 68 valence electrons. The molecular weight excluding hydrogens is 170 g/mol. The molecule has 0 heterocycles. The van der Waals surface area contributed by atoms with Crippen molar-refractivity contribution in [3.8, 4) is 11.8 Å². The van der Waals surface area contributed by atoms with Crippen LogP contribution in [0.4, 0.5) is 0 Å². The second kappa shape index (κ2) is 8.64. The summed E-state index contributed by atoms with van der Waals surface area (Å²) in [6, 6.07) is 0. The first kappa shape index (κ1) is 11.6. The Balaban J connectivity index is 3.35. The third kappa shape index (κ3) is 7.65. The van der Waals surface area contributed by atoms with Gasteiger partial charge in [0.1, 0.15) is 0 Å².